The van der Waals surface area contributed by atoms with Crippen molar-refractivity contribution in [2.75, 3.05) is 6.61 Å². The van der Waals surface area contributed by atoms with Crippen molar-refractivity contribution in [1.82, 2.24) is 20.1 Å². The first-order valence-corrected chi connectivity index (χ1v) is 9.83. The summed E-state index contributed by atoms with van der Waals surface area (Å²) >= 11 is 0. The summed E-state index contributed by atoms with van der Waals surface area (Å²) in [5.41, 5.74) is 0.140. The molecule has 160 valence electrons. The third-order valence-corrected chi connectivity index (χ3v) is 5.21. The Morgan fingerprint density at radius 2 is 1.97 bits per heavy atom. The van der Waals surface area contributed by atoms with Gasteiger partial charge in [0.25, 0.3) is 17.9 Å². The lowest BCUT2D eigenvalue weighted by atomic mass is 10.1. The van der Waals surface area contributed by atoms with Crippen molar-refractivity contribution < 1.29 is 18.7 Å². The molecule has 31 heavy (non-hydrogen) atoms. The van der Waals surface area contributed by atoms with Gasteiger partial charge in [-0.3, -0.25) is 14.6 Å². The van der Waals surface area contributed by atoms with Crippen molar-refractivity contribution in [3.63, 3.8) is 0 Å². The van der Waals surface area contributed by atoms with Gasteiger partial charge >= 0.3 is 0 Å². The number of aliphatic hydroxyl groups is 1. The summed E-state index contributed by atoms with van der Waals surface area (Å²) in [4.78, 5) is 29.9. The molecule has 2 aromatic heterocycles. The van der Waals surface area contributed by atoms with Crippen LogP contribution >= 0.6 is 0 Å². The van der Waals surface area contributed by atoms with E-state index in [0.29, 0.717) is 11.3 Å². The average molecular weight is 426 g/mol. The van der Waals surface area contributed by atoms with Crippen LogP contribution in [0.3, 0.4) is 0 Å². The Morgan fingerprint density at radius 3 is 2.55 bits per heavy atom. The molecule has 9 heteroatoms. The molecule has 1 fully saturated rings. The van der Waals surface area contributed by atoms with Crippen molar-refractivity contribution in [3.05, 3.63) is 76.3 Å². The molecule has 1 amide bonds. The van der Waals surface area contributed by atoms with Crippen LogP contribution in [0.25, 0.3) is 16.9 Å². The van der Waals surface area contributed by atoms with Gasteiger partial charge in [0.15, 0.2) is 0 Å². The Kier molecular flexibility index (Phi) is 5.85. The standard InChI is InChI=1S/C22H20F2N4O3/c23-20(24)15-7-5-13(6-8-15)18-10-17(21(30)26-19(12-29)14-3-4-14)22(31)28(27-18)16-2-1-9-25-11-16/h1-2,5-11,14,19-20,29H,3-4,12H2,(H,26,30)/t19-/m1/s1. The molecule has 0 aliphatic heterocycles. The summed E-state index contributed by atoms with van der Waals surface area (Å²) < 4.78 is 26.8. The molecule has 1 atom stereocenters. The van der Waals surface area contributed by atoms with Gasteiger partial charge in [0, 0.05) is 17.3 Å². The zero-order valence-electron chi connectivity index (χ0n) is 16.4. The summed E-state index contributed by atoms with van der Waals surface area (Å²) in [6, 6.07) is 9.62. The Balaban J connectivity index is 1.79. The van der Waals surface area contributed by atoms with Crippen LogP contribution in [0, 0.1) is 5.92 Å². The number of carbonyl (C=O) groups is 1. The number of rotatable bonds is 7. The normalized spacial score (nSPS) is 14.5. The molecular weight excluding hydrogens is 406 g/mol. The minimum absolute atomic E-state index is 0.141. The van der Waals surface area contributed by atoms with Gasteiger partial charge in [0.2, 0.25) is 0 Å². The molecule has 4 rings (SSSR count). The first kappa shape index (κ1) is 20.8. The maximum absolute atomic E-state index is 13.0. The highest BCUT2D eigenvalue weighted by Gasteiger charge is 2.32. The summed E-state index contributed by atoms with van der Waals surface area (Å²) in [5.74, 6) is -0.431. The van der Waals surface area contributed by atoms with Gasteiger partial charge < -0.3 is 10.4 Å². The van der Waals surface area contributed by atoms with Crippen molar-refractivity contribution in [2.24, 2.45) is 5.92 Å². The highest BCUT2D eigenvalue weighted by Crippen LogP contribution is 2.32. The monoisotopic (exact) mass is 426 g/mol. The molecule has 2 heterocycles. The maximum Gasteiger partial charge on any atom is 0.284 e. The fourth-order valence-electron chi connectivity index (χ4n) is 3.31. The van der Waals surface area contributed by atoms with Crippen LogP contribution in [0.4, 0.5) is 8.78 Å². The zero-order chi connectivity index (χ0) is 22.0. The fourth-order valence-corrected chi connectivity index (χ4v) is 3.31. The number of halogens is 2. The summed E-state index contributed by atoms with van der Waals surface area (Å²) in [7, 11) is 0. The molecule has 1 saturated carbocycles. The molecule has 0 radical (unpaired) electrons. The quantitative estimate of drug-likeness (QED) is 0.606. The van der Waals surface area contributed by atoms with Gasteiger partial charge in [-0.25, -0.2) is 8.78 Å². The van der Waals surface area contributed by atoms with Crippen LogP contribution in [-0.4, -0.2) is 38.4 Å². The van der Waals surface area contributed by atoms with Crippen molar-refractivity contribution in [3.8, 4) is 16.9 Å². The Morgan fingerprint density at radius 1 is 1.23 bits per heavy atom. The Hall–Kier alpha value is -3.46. The number of aromatic nitrogens is 3. The summed E-state index contributed by atoms with van der Waals surface area (Å²) in [6.45, 7) is -0.222. The molecule has 2 N–H and O–H groups in total. The van der Waals surface area contributed by atoms with E-state index in [4.69, 9.17) is 0 Å². The highest BCUT2D eigenvalue weighted by molar-refractivity contribution is 5.95. The lowest BCUT2D eigenvalue weighted by Gasteiger charge is -2.16. The Bertz CT molecular complexity index is 1130. The van der Waals surface area contributed by atoms with Gasteiger partial charge in [-0.15, -0.1) is 0 Å². The van der Waals surface area contributed by atoms with Crippen molar-refractivity contribution in [2.45, 2.75) is 25.3 Å². The molecule has 0 bridgehead atoms. The third-order valence-electron chi connectivity index (χ3n) is 5.21. The van der Waals surface area contributed by atoms with E-state index in [1.807, 2.05) is 0 Å². The predicted molar refractivity (Wildman–Crippen MR) is 109 cm³/mol. The van der Waals surface area contributed by atoms with Crippen LogP contribution in [0.1, 0.15) is 35.2 Å². The van der Waals surface area contributed by atoms with Crippen LogP contribution in [-0.2, 0) is 0 Å². The van der Waals surface area contributed by atoms with Gasteiger partial charge in [-0.1, -0.05) is 24.3 Å². The number of pyridine rings is 1. The van der Waals surface area contributed by atoms with Gasteiger partial charge in [0.05, 0.1) is 30.2 Å². The predicted octanol–water partition coefficient (Wildman–Crippen LogP) is 2.73. The van der Waals surface area contributed by atoms with E-state index >= 15 is 0 Å². The molecular formula is C22H20F2N4O3. The molecule has 3 aromatic rings. The second kappa shape index (κ2) is 8.73. The molecule has 1 aliphatic carbocycles. The number of amides is 1. The largest absolute Gasteiger partial charge is 0.394 e. The van der Waals surface area contributed by atoms with E-state index in [-0.39, 0.29) is 29.3 Å². The fraction of sp³-hybridized carbons (Fsp3) is 0.273. The average Bonchev–Trinajstić information content (AvgIpc) is 3.63. The topological polar surface area (TPSA) is 97.1 Å². The molecule has 1 aromatic carbocycles. The third kappa shape index (κ3) is 4.51. The molecule has 1 aliphatic rings. The lowest BCUT2D eigenvalue weighted by Crippen LogP contribution is -2.42. The van der Waals surface area contributed by atoms with Crippen LogP contribution < -0.4 is 10.9 Å². The van der Waals surface area contributed by atoms with Crippen molar-refractivity contribution >= 4 is 5.91 Å². The minimum atomic E-state index is -2.61. The molecule has 0 saturated heterocycles. The van der Waals surface area contributed by atoms with Crippen molar-refractivity contribution in [1.29, 1.82) is 0 Å². The van der Waals surface area contributed by atoms with Crippen LogP contribution in [0.15, 0.2) is 59.7 Å². The molecule has 0 unspecified atom stereocenters. The number of benzene rings is 1. The number of alkyl halides is 2. The summed E-state index contributed by atoms with van der Waals surface area (Å²) in [6.07, 6.45) is 2.18. The van der Waals surface area contributed by atoms with E-state index < -0.39 is 23.9 Å². The smallest absolute Gasteiger partial charge is 0.284 e. The van der Waals surface area contributed by atoms with Crippen LogP contribution in [0.2, 0.25) is 0 Å². The number of aliphatic hydroxyl groups excluding tert-OH is 1. The minimum Gasteiger partial charge on any atom is -0.394 e. The first-order chi connectivity index (χ1) is 15.0. The SMILES string of the molecule is O=C(N[C@H](CO)C1CC1)c1cc(-c2ccc(C(F)F)cc2)nn(-c2cccnc2)c1=O. The zero-order valence-corrected chi connectivity index (χ0v) is 16.4. The van der Waals surface area contributed by atoms with Gasteiger partial charge in [-0.05, 0) is 37.0 Å². The number of hydrogen-bond acceptors (Lipinski definition) is 5. The van der Waals surface area contributed by atoms with E-state index in [2.05, 4.69) is 15.4 Å². The first-order valence-electron chi connectivity index (χ1n) is 9.83. The van der Waals surface area contributed by atoms with E-state index in [0.717, 1.165) is 17.5 Å². The number of hydrogen-bond donors (Lipinski definition) is 2. The second-order valence-electron chi connectivity index (χ2n) is 7.39. The molecule has 0 spiro atoms. The number of carbonyl (C=O) groups excluding carboxylic acids is 1. The lowest BCUT2D eigenvalue weighted by molar-refractivity contribution is 0.0906. The van der Waals surface area contributed by atoms with E-state index in [1.54, 1.807) is 12.1 Å². The maximum atomic E-state index is 13.0. The van der Waals surface area contributed by atoms with E-state index in [1.165, 1.54) is 42.7 Å². The highest BCUT2D eigenvalue weighted by atomic mass is 19.3. The second-order valence-corrected chi connectivity index (χ2v) is 7.39. The number of nitrogens with zero attached hydrogens (tertiary/aromatic N) is 3. The number of nitrogens with one attached hydrogen (secondary N) is 1. The molecule has 7 nitrogen and oxygen atoms in total. The van der Waals surface area contributed by atoms with Gasteiger partial charge in [-0.2, -0.15) is 9.78 Å². The van der Waals surface area contributed by atoms with Crippen LogP contribution in [0.5, 0.6) is 0 Å². The summed E-state index contributed by atoms with van der Waals surface area (Å²) in [5, 5.41) is 16.6. The van der Waals surface area contributed by atoms with E-state index in [9.17, 15) is 23.5 Å². The van der Waals surface area contributed by atoms with Gasteiger partial charge in [0.1, 0.15) is 5.56 Å². The Labute approximate surface area is 176 Å².